The van der Waals surface area contributed by atoms with Crippen LogP contribution >= 0.6 is 0 Å². The van der Waals surface area contributed by atoms with E-state index in [9.17, 15) is 14.4 Å². The van der Waals surface area contributed by atoms with Crippen LogP contribution in [0.15, 0.2) is 85.1 Å². The molecule has 0 aliphatic rings. The van der Waals surface area contributed by atoms with Gasteiger partial charge in [0.15, 0.2) is 6.10 Å². The molecule has 6 heteroatoms. The Labute approximate surface area is 375 Å². The fraction of sp³-hybridized carbons (Fsp3) is 0.691. The van der Waals surface area contributed by atoms with Crippen molar-refractivity contribution in [2.45, 2.75) is 232 Å². The number of hydrogen-bond donors (Lipinski definition) is 0. The van der Waals surface area contributed by atoms with Crippen molar-refractivity contribution in [1.82, 2.24) is 0 Å². The average Bonchev–Trinajstić information content (AvgIpc) is 3.26. The maximum absolute atomic E-state index is 12.8. The summed E-state index contributed by atoms with van der Waals surface area (Å²) in [4.78, 5) is 37.8. The smallest absolute Gasteiger partial charge is 0.306 e. The number of hydrogen-bond acceptors (Lipinski definition) is 6. The van der Waals surface area contributed by atoms with E-state index in [-0.39, 0.29) is 37.5 Å². The predicted octanol–water partition coefficient (Wildman–Crippen LogP) is 16.4. The van der Waals surface area contributed by atoms with Gasteiger partial charge in [-0.1, -0.05) is 215 Å². The first-order chi connectivity index (χ1) is 30.0. The lowest BCUT2D eigenvalue weighted by atomic mass is 10.0. The lowest BCUT2D eigenvalue weighted by molar-refractivity contribution is -0.166. The summed E-state index contributed by atoms with van der Waals surface area (Å²) in [5.41, 5.74) is 0. The molecule has 0 saturated carbocycles. The Morgan fingerprint density at radius 2 is 0.689 bits per heavy atom. The quantitative estimate of drug-likeness (QED) is 0.0263. The summed E-state index contributed by atoms with van der Waals surface area (Å²) >= 11 is 0. The average molecular weight is 849 g/mol. The molecule has 0 fully saturated rings. The molecule has 0 rings (SSSR count). The van der Waals surface area contributed by atoms with Crippen LogP contribution in [0, 0.1) is 0 Å². The zero-order valence-corrected chi connectivity index (χ0v) is 39.7. The summed E-state index contributed by atoms with van der Waals surface area (Å²) in [5, 5.41) is 0. The summed E-state index contributed by atoms with van der Waals surface area (Å²) in [6, 6.07) is 0. The Kier molecular flexibility index (Phi) is 46.5. The molecule has 0 saturated heterocycles. The number of esters is 3. The largest absolute Gasteiger partial charge is 0.462 e. The topological polar surface area (TPSA) is 78.9 Å². The molecule has 0 heterocycles. The van der Waals surface area contributed by atoms with E-state index in [0.717, 1.165) is 89.9 Å². The second kappa shape index (κ2) is 49.2. The van der Waals surface area contributed by atoms with Crippen molar-refractivity contribution < 1.29 is 28.6 Å². The number of allylic oxidation sites excluding steroid dienone is 14. The lowest BCUT2D eigenvalue weighted by Gasteiger charge is -2.18. The van der Waals surface area contributed by atoms with Gasteiger partial charge in [-0.2, -0.15) is 0 Å². The summed E-state index contributed by atoms with van der Waals surface area (Å²) in [6.45, 7) is 6.40. The summed E-state index contributed by atoms with van der Waals surface area (Å²) in [5.74, 6) is -1.00. The highest BCUT2D eigenvalue weighted by Gasteiger charge is 2.19. The minimum atomic E-state index is -0.807. The van der Waals surface area contributed by atoms with Crippen molar-refractivity contribution in [1.29, 1.82) is 0 Å². The number of carbonyl (C=O) groups excluding carboxylic acids is 3. The zero-order valence-electron chi connectivity index (χ0n) is 39.7. The van der Waals surface area contributed by atoms with Gasteiger partial charge in [0.2, 0.25) is 0 Å². The monoisotopic (exact) mass is 849 g/mol. The number of carbonyl (C=O) groups is 3. The van der Waals surface area contributed by atoms with Gasteiger partial charge in [-0.05, 0) is 77.0 Å². The van der Waals surface area contributed by atoms with Crippen molar-refractivity contribution in [3.63, 3.8) is 0 Å². The molecule has 1 unspecified atom stereocenters. The standard InChI is InChI=1S/C55H92O6/c1-4-7-10-13-16-19-22-24-25-26-27-28-29-31-33-36-39-42-45-48-54(57)60-51-52(50-59-53(56)47-44-41-38-35-32-21-18-15-12-9-6-3)61-55(58)49-46-43-40-37-34-30-23-20-17-14-11-8-5-2/h7,10,15-16,18-19,24-25,27-28,31,33,39,42,52H,4-6,8-9,11-14,17,20-23,26,29-30,32,34-38,40-41,43-51H2,1-3H3/b10-7-,18-15-,19-16-,25-24-,28-27-,33-31-,42-39-. The molecular weight excluding hydrogens is 757 g/mol. The van der Waals surface area contributed by atoms with E-state index in [1.165, 1.54) is 89.9 Å². The van der Waals surface area contributed by atoms with E-state index < -0.39 is 6.10 Å². The van der Waals surface area contributed by atoms with Gasteiger partial charge >= 0.3 is 17.9 Å². The maximum atomic E-state index is 12.8. The molecule has 348 valence electrons. The van der Waals surface area contributed by atoms with Crippen LogP contribution in [0.4, 0.5) is 0 Å². The second-order valence-corrected chi connectivity index (χ2v) is 16.3. The Balaban J connectivity index is 4.48. The van der Waals surface area contributed by atoms with Crippen molar-refractivity contribution in [3.8, 4) is 0 Å². The molecule has 0 aromatic carbocycles. The highest BCUT2D eigenvalue weighted by atomic mass is 16.6. The molecule has 6 nitrogen and oxygen atoms in total. The number of rotatable bonds is 44. The van der Waals surface area contributed by atoms with Gasteiger partial charge < -0.3 is 14.2 Å². The van der Waals surface area contributed by atoms with Crippen LogP contribution in [0.25, 0.3) is 0 Å². The van der Waals surface area contributed by atoms with Crippen molar-refractivity contribution in [3.05, 3.63) is 85.1 Å². The van der Waals surface area contributed by atoms with Gasteiger partial charge in [0.1, 0.15) is 13.2 Å². The third-order valence-corrected chi connectivity index (χ3v) is 10.4. The van der Waals surface area contributed by atoms with E-state index in [4.69, 9.17) is 14.2 Å². The summed E-state index contributed by atoms with van der Waals surface area (Å²) in [7, 11) is 0. The molecule has 0 N–H and O–H groups in total. The van der Waals surface area contributed by atoms with E-state index in [2.05, 4.69) is 99.8 Å². The minimum absolute atomic E-state index is 0.103. The van der Waals surface area contributed by atoms with Crippen LogP contribution < -0.4 is 0 Å². The minimum Gasteiger partial charge on any atom is -0.462 e. The molecule has 0 aromatic rings. The van der Waals surface area contributed by atoms with Gasteiger partial charge in [-0.15, -0.1) is 0 Å². The molecule has 0 aliphatic heterocycles. The van der Waals surface area contributed by atoms with Gasteiger partial charge in [-0.3, -0.25) is 14.4 Å². The Morgan fingerprint density at radius 3 is 1.15 bits per heavy atom. The molecule has 0 amide bonds. The van der Waals surface area contributed by atoms with E-state index in [1.54, 1.807) is 0 Å². The van der Waals surface area contributed by atoms with Crippen LogP contribution in [-0.2, 0) is 28.6 Å². The summed E-state index contributed by atoms with van der Waals surface area (Å²) in [6.07, 6.45) is 62.9. The summed E-state index contributed by atoms with van der Waals surface area (Å²) < 4.78 is 16.7. The normalized spacial score (nSPS) is 12.8. The highest BCUT2D eigenvalue weighted by molar-refractivity contribution is 5.71. The van der Waals surface area contributed by atoms with E-state index >= 15 is 0 Å². The zero-order chi connectivity index (χ0) is 44.4. The van der Waals surface area contributed by atoms with E-state index in [0.29, 0.717) is 19.3 Å². The number of ether oxygens (including phenoxy) is 3. The van der Waals surface area contributed by atoms with Gasteiger partial charge in [0.25, 0.3) is 0 Å². The Hall–Kier alpha value is -3.41. The fourth-order valence-corrected chi connectivity index (χ4v) is 6.62. The molecule has 0 aromatic heterocycles. The maximum Gasteiger partial charge on any atom is 0.306 e. The van der Waals surface area contributed by atoms with Crippen molar-refractivity contribution in [2.24, 2.45) is 0 Å². The van der Waals surface area contributed by atoms with Crippen LogP contribution in [-0.4, -0.2) is 37.2 Å². The second-order valence-electron chi connectivity index (χ2n) is 16.3. The lowest BCUT2D eigenvalue weighted by Crippen LogP contribution is -2.30. The first-order valence-corrected chi connectivity index (χ1v) is 25.1. The molecule has 0 bridgehead atoms. The Bertz CT molecular complexity index is 1200. The third kappa shape index (κ3) is 47.5. The molecular formula is C55H92O6. The van der Waals surface area contributed by atoms with Gasteiger partial charge in [0, 0.05) is 19.3 Å². The first kappa shape index (κ1) is 57.6. The molecule has 0 aliphatic carbocycles. The fourth-order valence-electron chi connectivity index (χ4n) is 6.62. The molecule has 1 atom stereocenters. The van der Waals surface area contributed by atoms with Crippen LogP contribution in [0.1, 0.15) is 226 Å². The van der Waals surface area contributed by atoms with Crippen molar-refractivity contribution in [2.75, 3.05) is 13.2 Å². The third-order valence-electron chi connectivity index (χ3n) is 10.4. The SMILES string of the molecule is CC/C=C\C/C=C\C/C=C\C/C=C\C/C=C\C/C=C\CCC(=O)OCC(COC(=O)CCCCCCC/C=C\CCCC)OC(=O)CCCCCCCCCCCCCCC. The van der Waals surface area contributed by atoms with Crippen LogP contribution in [0.2, 0.25) is 0 Å². The highest BCUT2D eigenvalue weighted by Crippen LogP contribution is 2.14. The van der Waals surface area contributed by atoms with Crippen molar-refractivity contribution >= 4 is 17.9 Å². The number of unbranched alkanes of at least 4 members (excludes halogenated alkanes) is 19. The van der Waals surface area contributed by atoms with Gasteiger partial charge in [0.05, 0.1) is 0 Å². The molecule has 0 radical (unpaired) electrons. The van der Waals surface area contributed by atoms with Gasteiger partial charge in [-0.25, -0.2) is 0 Å². The molecule has 0 spiro atoms. The van der Waals surface area contributed by atoms with Crippen LogP contribution in [0.5, 0.6) is 0 Å². The van der Waals surface area contributed by atoms with Crippen LogP contribution in [0.3, 0.4) is 0 Å². The predicted molar refractivity (Wildman–Crippen MR) is 261 cm³/mol. The van der Waals surface area contributed by atoms with E-state index in [1.807, 2.05) is 6.08 Å². The molecule has 61 heavy (non-hydrogen) atoms. The first-order valence-electron chi connectivity index (χ1n) is 25.1. The Morgan fingerprint density at radius 1 is 0.344 bits per heavy atom.